The van der Waals surface area contributed by atoms with Crippen LogP contribution in [0.3, 0.4) is 0 Å². The average Bonchev–Trinajstić information content (AvgIpc) is 2.28. The number of nitriles is 1. The second-order valence-electron chi connectivity index (χ2n) is 2.17. The molecule has 0 spiro atoms. The molecule has 1 aromatic heterocycles. The molecule has 0 bridgehead atoms. The Kier molecular flexibility index (Phi) is 2.48. The van der Waals surface area contributed by atoms with Crippen LogP contribution in [0.25, 0.3) is 0 Å². The van der Waals surface area contributed by atoms with Gasteiger partial charge in [0.1, 0.15) is 0 Å². The number of hydrogen-bond donors (Lipinski definition) is 0. The lowest BCUT2D eigenvalue weighted by Crippen LogP contribution is -1.84. The summed E-state index contributed by atoms with van der Waals surface area (Å²) < 4.78 is 0. The van der Waals surface area contributed by atoms with Crippen molar-refractivity contribution in [1.29, 1.82) is 5.26 Å². The van der Waals surface area contributed by atoms with Crippen LogP contribution in [0.2, 0.25) is 0 Å². The van der Waals surface area contributed by atoms with E-state index in [2.05, 4.69) is 4.98 Å². The summed E-state index contributed by atoms with van der Waals surface area (Å²) in [7, 11) is 0. The first-order chi connectivity index (χ1) is 5.15. The Hall–Kier alpha value is -0.590. The molecule has 58 valence electrons. The summed E-state index contributed by atoms with van der Waals surface area (Å²) in [6.07, 6.45) is 0. The summed E-state index contributed by atoms with van der Waals surface area (Å²) in [6.45, 7) is 3.77. The van der Waals surface area contributed by atoms with E-state index in [1.54, 1.807) is 0 Å². The fourth-order valence-electron chi connectivity index (χ4n) is 0.841. The highest BCUT2D eigenvalue weighted by Gasteiger charge is 2.13. The smallest absolute Gasteiger partial charge is 0.156 e. The van der Waals surface area contributed by atoms with Gasteiger partial charge in [0, 0.05) is 0 Å². The van der Waals surface area contributed by atoms with Crippen molar-refractivity contribution in [3.8, 4) is 6.07 Å². The summed E-state index contributed by atoms with van der Waals surface area (Å²) in [6, 6.07) is 1.97. The standard InChI is InChI=1S/C7H7ClN2S/c1-4-7(6(8)3-9)11-5(2)10-4/h6H,1-2H3. The summed E-state index contributed by atoms with van der Waals surface area (Å²) in [5.41, 5.74) is 0.869. The zero-order chi connectivity index (χ0) is 8.43. The van der Waals surface area contributed by atoms with Crippen molar-refractivity contribution in [3.63, 3.8) is 0 Å². The summed E-state index contributed by atoms with van der Waals surface area (Å²) in [5, 5.41) is 8.94. The number of halogens is 1. The van der Waals surface area contributed by atoms with E-state index in [-0.39, 0.29) is 0 Å². The van der Waals surface area contributed by atoms with Gasteiger partial charge in [0.15, 0.2) is 5.38 Å². The fraction of sp³-hybridized carbons (Fsp3) is 0.429. The first kappa shape index (κ1) is 8.51. The van der Waals surface area contributed by atoms with E-state index < -0.39 is 5.38 Å². The minimum absolute atomic E-state index is 0.541. The van der Waals surface area contributed by atoms with E-state index in [1.807, 2.05) is 19.9 Å². The second kappa shape index (κ2) is 3.21. The van der Waals surface area contributed by atoms with Crippen molar-refractivity contribution < 1.29 is 0 Å². The molecule has 0 aliphatic heterocycles. The predicted octanol–water partition coefficient (Wildman–Crippen LogP) is 2.56. The molecule has 0 amide bonds. The van der Waals surface area contributed by atoms with Gasteiger partial charge < -0.3 is 0 Å². The molecule has 4 heteroatoms. The normalized spacial score (nSPS) is 12.5. The first-order valence-electron chi connectivity index (χ1n) is 3.12. The van der Waals surface area contributed by atoms with E-state index >= 15 is 0 Å². The Bertz CT molecular complexity index is 300. The van der Waals surface area contributed by atoms with Gasteiger partial charge in [-0.1, -0.05) is 0 Å². The molecular formula is C7H7ClN2S. The highest BCUT2D eigenvalue weighted by atomic mass is 35.5. The van der Waals surface area contributed by atoms with Crippen LogP contribution in [-0.4, -0.2) is 4.98 Å². The number of alkyl halides is 1. The lowest BCUT2D eigenvalue weighted by molar-refractivity contribution is 1.13. The number of rotatable bonds is 1. The van der Waals surface area contributed by atoms with E-state index in [0.29, 0.717) is 0 Å². The van der Waals surface area contributed by atoms with Crippen LogP contribution in [0.15, 0.2) is 0 Å². The maximum Gasteiger partial charge on any atom is 0.156 e. The van der Waals surface area contributed by atoms with Gasteiger partial charge in [-0.2, -0.15) is 5.26 Å². The second-order valence-corrected chi connectivity index (χ2v) is 3.85. The highest BCUT2D eigenvalue weighted by molar-refractivity contribution is 7.12. The van der Waals surface area contributed by atoms with Crippen LogP contribution in [0.4, 0.5) is 0 Å². The molecule has 1 rings (SSSR count). The molecule has 1 aromatic rings. The number of nitrogens with zero attached hydrogens (tertiary/aromatic N) is 2. The van der Waals surface area contributed by atoms with Crippen LogP contribution in [0, 0.1) is 25.2 Å². The predicted molar refractivity (Wildman–Crippen MR) is 45.8 cm³/mol. The van der Waals surface area contributed by atoms with Gasteiger partial charge in [-0.3, -0.25) is 0 Å². The molecule has 0 saturated heterocycles. The summed E-state index contributed by atoms with van der Waals surface area (Å²) in [5.74, 6) is 0. The van der Waals surface area contributed by atoms with Gasteiger partial charge in [-0.15, -0.1) is 22.9 Å². The molecule has 0 radical (unpaired) electrons. The van der Waals surface area contributed by atoms with Gasteiger partial charge in [0.25, 0.3) is 0 Å². The van der Waals surface area contributed by atoms with Crippen LogP contribution in [0.1, 0.15) is 21.0 Å². The molecular weight excluding hydrogens is 180 g/mol. The van der Waals surface area contributed by atoms with E-state index in [9.17, 15) is 0 Å². The number of thiazole rings is 1. The first-order valence-corrected chi connectivity index (χ1v) is 4.38. The Labute approximate surface area is 74.4 Å². The molecule has 0 fully saturated rings. The molecule has 1 atom stereocenters. The lowest BCUT2D eigenvalue weighted by atomic mass is 10.3. The van der Waals surface area contributed by atoms with Crippen molar-refractivity contribution in [2.45, 2.75) is 19.2 Å². The maximum absolute atomic E-state index is 8.52. The van der Waals surface area contributed by atoms with Crippen molar-refractivity contribution in [2.75, 3.05) is 0 Å². The van der Waals surface area contributed by atoms with Gasteiger partial charge in [0.05, 0.1) is 21.6 Å². The van der Waals surface area contributed by atoms with Crippen molar-refractivity contribution >= 4 is 22.9 Å². The summed E-state index contributed by atoms with van der Waals surface area (Å²) >= 11 is 7.20. The van der Waals surface area contributed by atoms with Crippen molar-refractivity contribution in [1.82, 2.24) is 4.98 Å². The summed E-state index contributed by atoms with van der Waals surface area (Å²) in [4.78, 5) is 5.03. The third kappa shape index (κ3) is 1.70. The van der Waals surface area contributed by atoms with Crippen LogP contribution in [-0.2, 0) is 0 Å². The minimum Gasteiger partial charge on any atom is -0.246 e. The van der Waals surface area contributed by atoms with Crippen LogP contribution >= 0.6 is 22.9 Å². The van der Waals surface area contributed by atoms with Crippen molar-refractivity contribution in [3.05, 3.63) is 15.6 Å². The Morgan fingerprint density at radius 3 is 2.64 bits per heavy atom. The molecule has 11 heavy (non-hydrogen) atoms. The molecule has 0 aliphatic rings. The fourth-order valence-corrected chi connectivity index (χ4v) is 1.98. The zero-order valence-electron chi connectivity index (χ0n) is 6.26. The highest BCUT2D eigenvalue weighted by Crippen LogP contribution is 2.28. The third-order valence-corrected chi connectivity index (χ3v) is 2.87. The largest absolute Gasteiger partial charge is 0.246 e. The Morgan fingerprint density at radius 1 is 1.64 bits per heavy atom. The number of hydrogen-bond acceptors (Lipinski definition) is 3. The maximum atomic E-state index is 8.52. The molecule has 0 aliphatic carbocycles. The van der Waals surface area contributed by atoms with Gasteiger partial charge in [0.2, 0.25) is 0 Å². The molecule has 1 unspecified atom stereocenters. The van der Waals surface area contributed by atoms with E-state index in [4.69, 9.17) is 16.9 Å². The SMILES string of the molecule is Cc1nc(C)c(C(Cl)C#N)s1. The Morgan fingerprint density at radius 2 is 2.27 bits per heavy atom. The molecule has 2 nitrogen and oxygen atoms in total. The third-order valence-electron chi connectivity index (χ3n) is 1.28. The van der Waals surface area contributed by atoms with Gasteiger partial charge in [-0.05, 0) is 13.8 Å². The average molecular weight is 187 g/mol. The van der Waals surface area contributed by atoms with Crippen molar-refractivity contribution in [2.24, 2.45) is 0 Å². The monoisotopic (exact) mass is 186 g/mol. The van der Waals surface area contributed by atoms with E-state index in [0.717, 1.165) is 15.6 Å². The van der Waals surface area contributed by atoms with Gasteiger partial charge in [-0.25, -0.2) is 4.98 Å². The molecule has 1 heterocycles. The zero-order valence-corrected chi connectivity index (χ0v) is 7.83. The van der Waals surface area contributed by atoms with Crippen LogP contribution < -0.4 is 0 Å². The topological polar surface area (TPSA) is 36.7 Å². The van der Waals surface area contributed by atoms with Crippen LogP contribution in [0.5, 0.6) is 0 Å². The molecule has 0 saturated carbocycles. The minimum atomic E-state index is -0.541. The molecule has 0 N–H and O–H groups in total. The quantitative estimate of drug-likeness (QED) is 0.633. The van der Waals surface area contributed by atoms with E-state index in [1.165, 1.54) is 11.3 Å². The number of aromatic nitrogens is 1. The molecule has 0 aromatic carbocycles. The number of aryl methyl sites for hydroxylation is 2. The van der Waals surface area contributed by atoms with Gasteiger partial charge >= 0.3 is 0 Å². The Balaban J connectivity index is 3.05. The lowest BCUT2D eigenvalue weighted by Gasteiger charge is -1.93.